The van der Waals surface area contributed by atoms with E-state index in [1.165, 1.54) is 11.3 Å². The minimum atomic E-state index is -0.477. The van der Waals surface area contributed by atoms with E-state index < -0.39 is 6.04 Å². The van der Waals surface area contributed by atoms with Crippen molar-refractivity contribution >= 4 is 23.2 Å². The lowest BCUT2D eigenvalue weighted by Crippen LogP contribution is -2.45. The molecule has 1 aliphatic carbocycles. The van der Waals surface area contributed by atoms with Gasteiger partial charge in [0.05, 0.1) is 4.88 Å². The predicted molar refractivity (Wildman–Crippen MR) is 62.4 cm³/mol. The van der Waals surface area contributed by atoms with Crippen LogP contribution in [0.15, 0.2) is 17.5 Å². The molecule has 1 aromatic rings. The molecule has 1 fully saturated rings. The molecule has 0 aromatic carbocycles. The monoisotopic (exact) mass is 238 g/mol. The van der Waals surface area contributed by atoms with Gasteiger partial charge in [0.1, 0.15) is 6.04 Å². The molecule has 1 atom stereocenters. The van der Waals surface area contributed by atoms with Gasteiger partial charge in [-0.15, -0.1) is 11.3 Å². The minimum Gasteiger partial charge on any atom is -0.352 e. The first-order chi connectivity index (χ1) is 7.66. The summed E-state index contributed by atoms with van der Waals surface area (Å²) < 4.78 is 0. The van der Waals surface area contributed by atoms with Crippen molar-refractivity contribution in [2.45, 2.75) is 31.8 Å². The quantitative estimate of drug-likeness (QED) is 0.826. The highest BCUT2D eigenvalue weighted by molar-refractivity contribution is 7.12. The Labute approximate surface area is 98.0 Å². The Balaban J connectivity index is 1.83. The van der Waals surface area contributed by atoms with E-state index in [2.05, 4.69) is 10.6 Å². The maximum atomic E-state index is 11.6. The second-order valence-electron chi connectivity index (χ2n) is 3.96. The van der Waals surface area contributed by atoms with Gasteiger partial charge < -0.3 is 10.6 Å². The van der Waals surface area contributed by atoms with E-state index in [4.69, 9.17) is 0 Å². The van der Waals surface area contributed by atoms with Crippen LogP contribution in [-0.4, -0.2) is 23.9 Å². The van der Waals surface area contributed by atoms with Crippen molar-refractivity contribution < 1.29 is 9.59 Å². The molecule has 1 unspecified atom stereocenters. The molecular formula is C11H14N2O2S. The molecule has 0 bridgehead atoms. The first kappa shape index (κ1) is 11.1. The number of nitrogens with one attached hydrogen (secondary N) is 2. The predicted octanol–water partition coefficient (Wildman–Crippen LogP) is 1.15. The SMILES string of the molecule is CC(NC(=O)c1cccs1)C(=O)NC1CC1. The van der Waals surface area contributed by atoms with Crippen LogP contribution < -0.4 is 10.6 Å². The molecule has 1 saturated carbocycles. The summed E-state index contributed by atoms with van der Waals surface area (Å²) in [7, 11) is 0. The van der Waals surface area contributed by atoms with Crippen molar-refractivity contribution in [3.05, 3.63) is 22.4 Å². The fourth-order valence-corrected chi connectivity index (χ4v) is 1.92. The lowest BCUT2D eigenvalue weighted by molar-refractivity contribution is -0.122. The van der Waals surface area contributed by atoms with Crippen molar-refractivity contribution in [2.24, 2.45) is 0 Å². The van der Waals surface area contributed by atoms with Crippen LogP contribution in [0.3, 0.4) is 0 Å². The molecule has 5 heteroatoms. The number of hydrogen-bond acceptors (Lipinski definition) is 3. The van der Waals surface area contributed by atoms with Gasteiger partial charge in [-0.25, -0.2) is 0 Å². The number of amides is 2. The summed E-state index contributed by atoms with van der Waals surface area (Å²) in [6, 6.07) is 3.41. The molecule has 1 aliphatic rings. The van der Waals surface area contributed by atoms with Crippen molar-refractivity contribution in [2.75, 3.05) is 0 Å². The molecule has 0 aliphatic heterocycles. The van der Waals surface area contributed by atoms with Crippen LogP contribution in [0.2, 0.25) is 0 Å². The second kappa shape index (κ2) is 4.65. The average Bonchev–Trinajstić information content (AvgIpc) is 2.89. The molecule has 1 heterocycles. The number of hydrogen-bond donors (Lipinski definition) is 2. The molecule has 0 spiro atoms. The number of thiophene rings is 1. The minimum absolute atomic E-state index is 0.104. The summed E-state index contributed by atoms with van der Waals surface area (Å²) in [6.45, 7) is 1.70. The van der Waals surface area contributed by atoms with Gasteiger partial charge in [0.2, 0.25) is 5.91 Å². The summed E-state index contributed by atoms with van der Waals surface area (Å²) in [5.41, 5.74) is 0. The van der Waals surface area contributed by atoms with Crippen molar-refractivity contribution in [1.82, 2.24) is 10.6 Å². The van der Waals surface area contributed by atoms with Crippen LogP contribution in [0.4, 0.5) is 0 Å². The van der Waals surface area contributed by atoms with Gasteiger partial charge >= 0.3 is 0 Å². The highest BCUT2D eigenvalue weighted by Crippen LogP contribution is 2.18. The fraction of sp³-hybridized carbons (Fsp3) is 0.455. The number of carbonyl (C=O) groups excluding carboxylic acids is 2. The Kier molecular flexibility index (Phi) is 3.24. The molecule has 0 saturated heterocycles. The molecule has 2 amide bonds. The second-order valence-corrected chi connectivity index (χ2v) is 4.90. The molecule has 16 heavy (non-hydrogen) atoms. The van der Waals surface area contributed by atoms with Crippen LogP contribution in [0.25, 0.3) is 0 Å². The Morgan fingerprint density at radius 1 is 1.50 bits per heavy atom. The summed E-state index contributed by atoms with van der Waals surface area (Å²) in [4.78, 5) is 23.8. The Bertz CT molecular complexity index is 385. The average molecular weight is 238 g/mol. The summed E-state index contributed by atoms with van der Waals surface area (Å²) in [5.74, 6) is -0.291. The number of rotatable bonds is 4. The Hall–Kier alpha value is -1.36. The smallest absolute Gasteiger partial charge is 0.261 e. The maximum Gasteiger partial charge on any atom is 0.261 e. The third kappa shape index (κ3) is 2.82. The Morgan fingerprint density at radius 3 is 2.81 bits per heavy atom. The van der Waals surface area contributed by atoms with Gasteiger partial charge in [-0.05, 0) is 31.2 Å². The van der Waals surface area contributed by atoms with Crippen LogP contribution in [0.5, 0.6) is 0 Å². The van der Waals surface area contributed by atoms with E-state index in [0.29, 0.717) is 10.9 Å². The van der Waals surface area contributed by atoms with Gasteiger partial charge in [-0.2, -0.15) is 0 Å². The van der Waals surface area contributed by atoms with Crippen LogP contribution in [-0.2, 0) is 4.79 Å². The molecular weight excluding hydrogens is 224 g/mol. The van der Waals surface area contributed by atoms with Gasteiger partial charge in [-0.1, -0.05) is 6.07 Å². The first-order valence-electron chi connectivity index (χ1n) is 5.31. The van der Waals surface area contributed by atoms with Crippen LogP contribution >= 0.6 is 11.3 Å². The largest absolute Gasteiger partial charge is 0.352 e. The standard InChI is InChI=1S/C11H14N2O2S/c1-7(10(14)13-8-4-5-8)12-11(15)9-3-2-6-16-9/h2-3,6-8H,4-5H2,1H3,(H,12,15)(H,13,14). The third-order valence-electron chi connectivity index (χ3n) is 2.41. The molecule has 0 radical (unpaired) electrons. The lowest BCUT2D eigenvalue weighted by Gasteiger charge is -2.12. The van der Waals surface area contributed by atoms with Gasteiger partial charge in [0, 0.05) is 6.04 Å². The first-order valence-corrected chi connectivity index (χ1v) is 6.19. The molecule has 2 N–H and O–H groups in total. The summed E-state index contributed by atoms with van der Waals surface area (Å²) in [6.07, 6.45) is 2.11. The van der Waals surface area contributed by atoms with Crippen LogP contribution in [0, 0.1) is 0 Å². The van der Waals surface area contributed by atoms with E-state index in [-0.39, 0.29) is 11.8 Å². The normalized spacial score (nSPS) is 16.6. The highest BCUT2D eigenvalue weighted by Gasteiger charge is 2.26. The van der Waals surface area contributed by atoms with E-state index in [0.717, 1.165) is 12.8 Å². The lowest BCUT2D eigenvalue weighted by atomic mass is 10.3. The zero-order valence-corrected chi connectivity index (χ0v) is 9.84. The zero-order chi connectivity index (χ0) is 11.5. The van der Waals surface area contributed by atoms with E-state index >= 15 is 0 Å². The van der Waals surface area contributed by atoms with E-state index in [9.17, 15) is 9.59 Å². The highest BCUT2D eigenvalue weighted by atomic mass is 32.1. The van der Waals surface area contributed by atoms with Gasteiger partial charge in [0.25, 0.3) is 5.91 Å². The molecule has 1 aromatic heterocycles. The topological polar surface area (TPSA) is 58.2 Å². The van der Waals surface area contributed by atoms with Crippen LogP contribution in [0.1, 0.15) is 29.4 Å². The van der Waals surface area contributed by atoms with E-state index in [1.807, 2.05) is 11.4 Å². The molecule has 86 valence electrons. The fourth-order valence-electron chi connectivity index (χ4n) is 1.29. The van der Waals surface area contributed by atoms with Crippen molar-refractivity contribution in [3.8, 4) is 0 Å². The number of carbonyl (C=O) groups is 2. The summed E-state index contributed by atoms with van der Waals surface area (Å²) >= 11 is 1.37. The summed E-state index contributed by atoms with van der Waals surface area (Å²) in [5, 5.41) is 7.37. The molecule has 2 rings (SSSR count). The molecule has 4 nitrogen and oxygen atoms in total. The third-order valence-corrected chi connectivity index (χ3v) is 3.28. The maximum absolute atomic E-state index is 11.6. The van der Waals surface area contributed by atoms with Crippen molar-refractivity contribution in [1.29, 1.82) is 0 Å². The zero-order valence-electron chi connectivity index (χ0n) is 9.03. The van der Waals surface area contributed by atoms with E-state index in [1.54, 1.807) is 13.0 Å². The van der Waals surface area contributed by atoms with Gasteiger partial charge in [0.15, 0.2) is 0 Å². The Morgan fingerprint density at radius 2 is 2.25 bits per heavy atom. The van der Waals surface area contributed by atoms with Gasteiger partial charge in [-0.3, -0.25) is 9.59 Å². The van der Waals surface area contributed by atoms with Crippen molar-refractivity contribution in [3.63, 3.8) is 0 Å².